The molecule has 2 saturated heterocycles. The highest BCUT2D eigenvalue weighted by atomic mass is 16.4. The van der Waals surface area contributed by atoms with Gasteiger partial charge in [-0.1, -0.05) is 13.8 Å². The molecule has 0 aromatic rings. The summed E-state index contributed by atoms with van der Waals surface area (Å²) in [7, 11) is 0. The summed E-state index contributed by atoms with van der Waals surface area (Å²) in [5.74, 6) is -0.0922. The number of carbonyl (C=O) groups is 2. The first-order valence-electron chi connectivity index (χ1n) is 6.74. The molecule has 0 bridgehead atoms. The highest BCUT2D eigenvalue weighted by Gasteiger charge is 2.34. The lowest BCUT2D eigenvalue weighted by molar-refractivity contribution is -0.141. The van der Waals surface area contributed by atoms with Crippen LogP contribution in [0, 0.1) is 17.8 Å². The summed E-state index contributed by atoms with van der Waals surface area (Å²) in [5, 5.41) is 8.96. The van der Waals surface area contributed by atoms with Gasteiger partial charge in [0.25, 0.3) is 0 Å². The molecule has 5 heteroatoms. The quantitative estimate of drug-likeness (QED) is 0.771. The molecule has 0 saturated carbocycles. The topological polar surface area (TPSA) is 60.9 Å². The van der Waals surface area contributed by atoms with Gasteiger partial charge in [0, 0.05) is 26.2 Å². The summed E-state index contributed by atoms with van der Waals surface area (Å²) in [6, 6.07) is 0.0251. The van der Waals surface area contributed by atoms with E-state index in [0.717, 1.165) is 13.1 Å². The molecule has 102 valence electrons. The molecule has 2 aliphatic heterocycles. The van der Waals surface area contributed by atoms with Gasteiger partial charge in [-0.3, -0.25) is 4.79 Å². The fourth-order valence-electron chi connectivity index (χ4n) is 3.15. The van der Waals surface area contributed by atoms with Crippen molar-refractivity contribution in [3.05, 3.63) is 0 Å². The van der Waals surface area contributed by atoms with Gasteiger partial charge in [0.05, 0.1) is 5.92 Å². The number of nitrogens with zero attached hydrogens (tertiary/aromatic N) is 2. The van der Waals surface area contributed by atoms with Gasteiger partial charge in [0.15, 0.2) is 0 Å². The van der Waals surface area contributed by atoms with Crippen LogP contribution < -0.4 is 0 Å². The van der Waals surface area contributed by atoms with Crippen molar-refractivity contribution in [2.45, 2.75) is 26.7 Å². The lowest BCUT2D eigenvalue weighted by Crippen LogP contribution is -2.48. The number of urea groups is 1. The third-order valence-corrected chi connectivity index (χ3v) is 3.95. The molecule has 18 heavy (non-hydrogen) atoms. The normalized spacial score (nSPS) is 32.7. The van der Waals surface area contributed by atoms with Crippen LogP contribution in [-0.4, -0.2) is 53.1 Å². The van der Waals surface area contributed by atoms with Crippen molar-refractivity contribution in [2.24, 2.45) is 17.8 Å². The smallest absolute Gasteiger partial charge is 0.320 e. The van der Waals surface area contributed by atoms with Gasteiger partial charge >= 0.3 is 12.0 Å². The standard InChI is InChI=1S/C13H22N2O3/c1-9-5-10(2)7-15(6-9)13(18)14-4-3-11(8-14)12(16)17/h9-11H,3-8H2,1-2H3,(H,16,17). The first-order valence-corrected chi connectivity index (χ1v) is 6.74. The number of carboxylic acids is 1. The molecule has 0 spiro atoms. The Labute approximate surface area is 108 Å². The Morgan fingerprint density at radius 3 is 2.17 bits per heavy atom. The highest BCUT2D eigenvalue weighted by Crippen LogP contribution is 2.24. The first kappa shape index (κ1) is 13.2. The molecule has 0 radical (unpaired) electrons. The van der Waals surface area contributed by atoms with Gasteiger partial charge in [-0.2, -0.15) is 0 Å². The third-order valence-electron chi connectivity index (χ3n) is 3.95. The van der Waals surface area contributed by atoms with Crippen molar-refractivity contribution in [1.82, 2.24) is 9.80 Å². The second-order valence-electron chi connectivity index (χ2n) is 5.90. The number of carboxylic acid groups (broad SMARTS) is 1. The predicted octanol–water partition coefficient (Wildman–Crippen LogP) is 1.49. The number of amides is 2. The molecule has 2 aliphatic rings. The van der Waals surface area contributed by atoms with E-state index in [1.165, 1.54) is 6.42 Å². The molecule has 3 atom stereocenters. The van der Waals surface area contributed by atoms with E-state index >= 15 is 0 Å². The van der Waals surface area contributed by atoms with Crippen LogP contribution >= 0.6 is 0 Å². The predicted molar refractivity (Wildman–Crippen MR) is 67.2 cm³/mol. The number of hydrogen-bond donors (Lipinski definition) is 1. The summed E-state index contributed by atoms with van der Waals surface area (Å²) in [6.07, 6.45) is 1.75. The Morgan fingerprint density at radius 1 is 1.06 bits per heavy atom. The Morgan fingerprint density at radius 2 is 1.67 bits per heavy atom. The first-order chi connectivity index (χ1) is 8.47. The van der Waals surface area contributed by atoms with Gasteiger partial charge in [0.1, 0.15) is 0 Å². The van der Waals surface area contributed by atoms with E-state index in [-0.39, 0.29) is 11.9 Å². The van der Waals surface area contributed by atoms with Gasteiger partial charge in [-0.25, -0.2) is 4.79 Å². The van der Waals surface area contributed by atoms with Crippen LogP contribution in [0.3, 0.4) is 0 Å². The van der Waals surface area contributed by atoms with Crippen LogP contribution in [0.25, 0.3) is 0 Å². The molecule has 2 heterocycles. The fraction of sp³-hybridized carbons (Fsp3) is 0.846. The summed E-state index contributed by atoms with van der Waals surface area (Å²) in [6.45, 7) is 6.89. The number of piperidine rings is 1. The molecule has 0 aliphatic carbocycles. The van der Waals surface area contributed by atoms with Gasteiger partial charge in [-0.05, 0) is 24.7 Å². The van der Waals surface area contributed by atoms with Crippen LogP contribution in [-0.2, 0) is 4.79 Å². The Kier molecular flexibility index (Phi) is 3.78. The van der Waals surface area contributed by atoms with Crippen molar-refractivity contribution in [3.8, 4) is 0 Å². The SMILES string of the molecule is CC1CC(C)CN(C(=O)N2CCC(C(=O)O)C2)C1. The number of hydrogen-bond acceptors (Lipinski definition) is 2. The largest absolute Gasteiger partial charge is 0.481 e. The third kappa shape index (κ3) is 2.76. The van der Waals surface area contributed by atoms with Gasteiger partial charge in [-0.15, -0.1) is 0 Å². The molecule has 0 aromatic carbocycles. The lowest BCUT2D eigenvalue weighted by atomic mass is 9.92. The van der Waals surface area contributed by atoms with Crippen molar-refractivity contribution in [2.75, 3.05) is 26.2 Å². The number of rotatable bonds is 1. The fourth-order valence-corrected chi connectivity index (χ4v) is 3.15. The van der Waals surface area contributed by atoms with Crippen molar-refractivity contribution >= 4 is 12.0 Å². The van der Waals surface area contributed by atoms with Crippen molar-refractivity contribution < 1.29 is 14.7 Å². The number of aliphatic carboxylic acids is 1. The molecule has 2 fully saturated rings. The minimum Gasteiger partial charge on any atom is -0.481 e. The van der Waals surface area contributed by atoms with E-state index < -0.39 is 5.97 Å². The molecular weight excluding hydrogens is 232 g/mol. The average Bonchev–Trinajstić information content (AvgIpc) is 2.75. The maximum Gasteiger partial charge on any atom is 0.320 e. The molecule has 0 aromatic heterocycles. The van der Waals surface area contributed by atoms with E-state index in [4.69, 9.17) is 5.11 Å². The van der Waals surface area contributed by atoms with E-state index in [1.807, 2.05) is 4.90 Å². The molecule has 5 nitrogen and oxygen atoms in total. The lowest BCUT2D eigenvalue weighted by Gasteiger charge is -2.37. The molecular formula is C13H22N2O3. The summed E-state index contributed by atoms with van der Waals surface area (Å²) >= 11 is 0. The summed E-state index contributed by atoms with van der Waals surface area (Å²) < 4.78 is 0. The van der Waals surface area contributed by atoms with Crippen LogP contribution in [0.1, 0.15) is 26.7 Å². The monoisotopic (exact) mass is 254 g/mol. The van der Waals surface area contributed by atoms with Crippen LogP contribution in [0.4, 0.5) is 4.79 Å². The molecule has 3 unspecified atom stereocenters. The van der Waals surface area contributed by atoms with Crippen molar-refractivity contribution in [1.29, 1.82) is 0 Å². The zero-order chi connectivity index (χ0) is 13.3. The van der Waals surface area contributed by atoms with E-state index in [9.17, 15) is 9.59 Å². The summed E-state index contributed by atoms with van der Waals surface area (Å²) in [5.41, 5.74) is 0. The second-order valence-corrected chi connectivity index (χ2v) is 5.90. The maximum absolute atomic E-state index is 12.3. The number of likely N-dealkylation sites (tertiary alicyclic amines) is 2. The van der Waals surface area contributed by atoms with Crippen LogP contribution in [0.5, 0.6) is 0 Å². The van der Waals surface area contributed by atoms with E-state index in [1.54, 1.807) is 4.90 Å². The highest BCUT2D eigenvalue weighted by molar-refractivity contribution is 5.77. The van der Waals surface area contributed by atoms with E-state index in [2.05, 4.69) is 13.8 Å². The van der Waals surface area contributed by atoms with Crippen LogP contribution in [0.2, 0.25) is 0 Å². The average molecular weight is 254 g/mol. The number of carbonyl (C=O) groups excluding carboxylic acids is 1. The zero-order valence-corrected chi connectivity index (χ0v) is 11.1. The Hall–Kier alpha value is -1.26. The zero-order valence-electron chi connectivity index (χ0n) is 11.1. The molecule has 2 rings (SSSR count). The van der Waals surface area contributed by atoms with Gasteiger partial charge < -0.3 is 14.9 Å². The minimum atomic E-state index is -0.786. The van der Waals surface area contributed by atoms with Crippen molar-refractivity contribution in [3.63, 3.8) is 0 Å². The Balaban J connectivity index is 1.93. The second kappa shape index (κ2) is 5.16. The maximum atomic E-state index is 12.3. The Bertz CT molecular complexity index is 335. The van der Waals surface area contributed by atoms with E-state index in [0.29, 0.717) is 31.3 Å². The van der Waals surface area contributed by atoms with Gasteiger partial charge in [0.2, 0.25) is 0 Å². The molecule has 2 amide bonds. The minimum absolute atomic E-state index is 0.0251. The summed E-state index contributed by atoms with van der Waals surface area (Å²) in [4.78, 5) is 26.8. The van der Waals surface area contributed by atoms with Crippen LogP contribution in [0.15, 0.2) is 0 Å². The molecule has 1 N–H and O–H groups in total.